The summed E-state index contributed by atoms with van der Waals surface area (Å²) in [5.41, 5.74) is 2.02. The van der Waals surface area contributed by atoms with Crippen molar-refractivity contribution in [2.45, 2.75) is 52.0 Å². The van der Waals surface area contributed by atoms with Crippen molar-refractivity contribution in [2.75, 3.05) is 18.4 Å². The number of hydrogen-bond donors (Lipinski definition) is 1. The predicted molar refractivity (Wildman–Crippen MR) is 91.6 cm³/mol. The lowest BCUT2D eigenvalue weighted by Crippen LogP contribution is -2.40. The van der Waals surface area contributed by atoms with Crippen LogP contribution in [0.5, 0.6) is 0 Å². The number of nitrogens with zero attached hydrogens (tertiary/aromatic N) is 1. The average molecular weight is 353 g/mol. The van der Waals surface area contributed by atoms with E-state index in [0.717, 1.165) is 28.8 Å². The molecule has 0 saturated carbocycles. The largest absolute Gasteiger partial charge is 0.326 e. The third-order valence-electron chi connectivity index (χ3n) is 4.29. The Morgan fingerprint density at radius 1 is 1.43 bits per heavy atom. The molecular formula is C17H25BrN2O. The number of anilines is 1. The van der Waals surface area contributed by atoms with E-state index in [0.29, 0.717) is 12.5 Å². The van der Waals surface area contributed by atoms with Crippen molar-refractivity contribution in [3.8, 4) is 0 Å². The van der Waals surface area contributed by atoms with Crippen LogP contribution >= 0.6 is 15.9 Å². The third kappa shape index (κ3) is 4.82. The quantitative estimate of drug-likeness (QED) is 0.854. The lowest BCUT2D eigenvalue weighted by Gasteiger charge is -2.35. The minimum atomic E-state index is 0.108. The van der Waals surface area contributed by atoms with Crippen molar-refractivity contribution < 1.29 is 4.79 Å². The van der Waals surface area contributed by atoms with Crippen molar-refractivity contribution in [1.82, 2.24) is 4.90 Å². The maximum absolute atomic E-state index is 12.1. The first kappa shape index (κ1) is 16.5. The van der Waals surface area contributed by atoms with E-state index < -0.39 is 0 Å². The second-order valence-electron chi connectivity index (χ2n) is 5.86. The second-order valence-corrected chi connectivity index (χ2v) is 6.71. The van der Waals surface area contributed by atoms with Crippen LogP contribution in [0.25, 0.3) is 0 Å². The fourth-order valence-electron chi connectivity index (χ4n) is 3.01. The molecule has 2 rings (SSSR count). The smallest absolute Gasteiger partial charge is 0.225 e. The molecule has 1 aromatic rings. The molecule has 0 aliphatic carbocycles. The summed E-state index contributed by atoms with van der Waals surface area (Å²) in [5, 5.41) is 3.00. The molecule has 0 spiro atoms. The molecule has 1 aliphatic heterocycles. The highest BCUT2D eigenvalue weighted by molar-refractivity contribution is 9.10. The first-order chi connectivity index (χ1) is 10.1. The number of likely N-dealkylation sites (tertiary alicyclic amines) is 1. The molecule has 1 unspecified atom stereocenters. The van der Waals surface area contributed by atoms with Gasteiger partial charge in [-0.05, 0) is 56.5 Å². The molecule has 21 heavy (non-hydrogen) atoms. The molecule has 1 amide bonds. The van der Waals surface area contributed by atoms with E-state index in [9.17, 15) is 4.79 Å². The Hall–Kier alpha value is -0.870. The molecule has 116 valence electrons. The van der Waals surface area contributed by atoms with Crippen LogP contribution in [0.4, 0.5) is 5.69 Å². The number of carbonyl (C=O) groups is 1. The third-order valence-corrected chi connectivity index (χ3v) is 5.18. The Bertz CT molecular complexity index is 490. The number of amides is 1. The highest BCUT2D eigenvalue weighted by Gasteiger charge is 2.20. The summed E-state index contributed by atoms with van der Waals surface area (Å²) < 4.78 is 1.07. The number of aryl methyl sites for hydroxylation is 1. The maximum Gasteiger partial charge on any atom is 0.225 e. The molecule has 1 N–H and O–H groups in total. The van der Waals surface area contributed by atoms with Gasteiger partial charge in [-0.3, -0.25) is 9.69 Å². The highest BCUT2D eigenvalue weighted by Crippen LogP contribution is 2.21. The zero-order valence-corrected chi connectivity index (χ0v) is 14.6. The standard InChI is InChI=1S/C17H25BrN2O/c1-3-15-6-4-5-10-20(15)11-9-17(21)19-14-7-8-16(18)13(2)12-14/h7-8,12,15H,3-6,9-11H2,1-2H3,(H,19,21). The van der Waals surface area contributed by atoms with E-state index in [2.05, 4.69) is 33.1 Å². The Morgan fingerprint density at radius 2 is 2.24 bits per heavy atom. The summed E-state index contributed by atoms with van der Waals surface area (Å²) in [7, 11) is 0. The molecule has 0 aromatic heterocycles. The topological polar surface area (TPSA) is 32.3 Å². The highest BCUT2D eigenvalue weighted by atomic mass is 79.9. The predicted octanol–water partition coefficient (Wildman–Crippen LogP) is 4.35. The van der Waals surface area contributed by atoms with E-state index >= 15 is 0 Å². The summed E-state index contributed by atoms with van der Waals surface area (Å²) in [4.78, 5) is 14.6. The number of rotatable bonds is 5. The Labute approximate surface area is 136 Å². The van der Waals surface area contributed by atoms with Crippen LogP contribution in [0.3, 0.4) is 0 Å². The minimum Gasteiger partial charge on any atom is -0.326 e. The molecule has 4 heteroatoms. The summed E-state index contributed by atoms with van der Waals surface area (Å²) in [6.07, 6.45) is 5.65. The second kappa shape index (κ2) is 7.95. The first-order valence-electron chi connectivity index (χ1n) is 7.90. The Kier molecular flexibility index (Phi) is 6.24. The zero-order chi connectivity index (χ0) is 15.2. The van der Waals surface area contributed by atoms with Crippen molar-refractivity contribution in [2.24, 2.45) is 0 Å². The van der Waals surface area contributed by atoms with E-state index in [-0.39, 0.29) is 5.91 Å². The SMILES string of the molecule is CCC1CCCCN1CCC(=O)Nc1ccc(Br)c(C)c1. The normalized spacial score (nSPS) is 19.5. The number of piperidine rings is 1. The van der Waals surface area contributed by atoms with Gasteiger partial charge in [-0.15, -0.1) is 0 Å². The van der Waals surface area contributed by atoms with Crippen LogP contribution in [0.1, 0.15) is 44.6 Å². The summed E-state index contributed by atoms with van der Waals surface area (Å²) in [6, 6.07) is 6.58. The van der Waals surface area contributed by atoms with E-state index in [1.807, 2.05) is 25.1 Å². The summed E-state index contributed by atoms with van der Waals surface area (Å²) in [5.74, 6) is 0.108. The van der Waals surface area contributed by atoms with Gasteiger partial charge in [0.1, 0.15) is 0 Å². The van der Waals surface area contributed by atoms with Crippen LogP contribution < -0.4 is 5.32 Å². The van der Waals surface area contributed by atoms with Gasteiger partial charge in [0.25, 0.3) is 0 Å². The number of carbonyl (C=O) groups excluding carboxylic acids is 1. The minimum absolute atomic E-state index is 0.108. The lowest BCUT2D eigenvalue weighted by atomic mass is 10.00. The van der Waals surface area contributed by atoms with E-state index in [4.69, 9.17) is 0 Å². The van der Waals surface area contributed by atoms with Crippen LogP contribution in [0, 0.1) is 6.92 Å². The van der Waals surface area contributed by atoms with Crippen molar-refractivity contribution in [3.63, 3.8) is 0 Å². The fourth-order valence-corrected chi connectivity index (χ4v) is 3.25. The molecule has 1 aliphatic rings. The maximum atomic E-state index is 12.1. The Balaban J connectivity index is 1.82. The van der Waals surface area contributed by atoms with Gasteiger partial charge in [0.05, 0.1) is 0 Å². The van der Waals surface area contributed by atoms with Crippen LogP contribution in [-0.4, -0.2) is 29.9 Å². The average Bonchev–Trinajstić information content (AvgIpc) is 2.49. The molecule has 3 nitrogen and oxygen atoms in total. The van der Waals surface area contributed by atoms with Gasteiger partial charge in [0.15, 0.2) is 0 Å². The van der Waals surface area contributed by atoms with Crippen molar-refractivity contribution in [1.29, 1.82) is 0 Å². The monoisotopic (exact) mass is 352 g/mol. The van der Waals surface area contributed by atoms with Gasteiger partial charge in [0, 0.05) is 29.2 Å². The number of nitrogens with one attached hydrogen (secondary N) is 1. The van der Waals surface area contributed by atoms with Gasteiger partial charge < -0.3 is 5.32 Å². The summed E-state index contributed by atoms with van der Waals surface area (Å²) in [6.45, 7) is 6.29. The van der Waals surface area contributed by atoms with Gasteiger partial charge in [-0.1, -0.05) is 29.3 Å². The van der Waals surface area contributed by atoms with Crippen LogP contribution in [-0.2, 0) is 4.79 Å². The lowest BCUT2D eigenvalue weighted by molar-refractivity contribution is -0.116. The molecule has 0 bridgehead atoms. The fraction of sp³-hybridized carbons (Fsp3) is 0.588. The van der Waals surface area contributed by atoms with E-state index in [1.165, 1.54) is 25.7 Å². The molecule has 1 fully saturated rings. The van der Waals surface area contributed by atoms with Gasteiger partial charge in [0.2, 0.25) is 5.91 Å². The van der Waals surface area contributed by atoms with Gasteiger partial charge >= 0.3 is 0 Å². The molecule has 1 heterocycles. The molecule has 1 atom stereocenters. The zero-order valence-electron chi connectivity index (χ0n) is 13.0. The van der Waals surface area contributed by atoms with Gasteiger partial charge in [-0.25, -0.2) is 0 Å². The van der Waals surface area contributed by atoms with Gasteiger partial charge in [-0.2, -0.15) is 0 Å². The molecule has 0 radical (unpaired) electrons. The number of halogens is 1. The molecular weight excluding hydrogens is 328 g/mol. The van der Waals surface area contributed by atoms with Crippen molar-refractivity contribution in [3.05, 3.63) is 28.2 Å². The van der Waals surface area contributed by atoms with Crippen LogP contribution in [0.15, 0.2) is 22.7 Å². The van der Waals surface area contributed by atoms with Crippen molar-refractivity contribution >= 4 is 27.5 Å². The number of benzene rings is 1. The molecule has 1 saturated heterocycles. The van der Waals surface area contributed by atoms with E-state index in [1.54, 1.807) is 0 Å². The van der Waals surface area contributed by atoms with Crippen LogP contribution in [0.2, 0.25) is 0 Å². The Morgan fingerprint density at radius 3 is 2.95 bits per heavy atom. The first-order valence-corrected chi connectivity index (χ1v) is 8.69. The molecule has 1 aromatic carbocycles. The summed E-state index contributed by atoms with van der Waals surface area (Å²) >= 11 is 3.47. The number of hydrogen-bond acceptors (Lipinski definition) is 2.